The third-order valence-electron chi connectivity index (χ3n) is 5.78. The second-order valence-electron chi connectivity index (χ2n) is 7.98. The number of ether oxygens (including phenoxy) is 2. The lowest BCUT2D eigenvalue weighted by Crippen LogP contribution is -2.33. The normalized spacial score (nSPS) is 16.7. The summed E-state index contributed by atoms with van der Waals surface area (Å²) in [7, 11) is 0. The third-order valence-corrected chi connectivity index (χ3v) is 6.75. The number of ketones is 1. The molecule has 0 N–H and O–H groups in total. The molecule has 0 saturated heterocycles. The summed E-state index contributed by atoms with van der Waals surface area (Å²) < 4.78 is 25.3. The highest BCUT2D eigenvalue weighted by molar-refractivity contribution is 7.11. The van der Waals surface area contributed by atoms with E-state index in [-0.39, 0.29) is 11.6 Å². The smallest absolute Gasteiger partial charge is 0.232 e. The summed E-state index contributed by atoms with van der Waals surface area (Å²) in [6.45, 7) is 5.81. The molecule has 6 heteroatoms. The third kappa shape index (κ3) is 3.77. The molecule has 0 bridgehead atoms. The maximum atomic E-state index is 13.1. The Kier molecular flexibility index (Phi) is 5.12. The molecule has 3 aromatic rings. The van der Waals surface area contributed by atoms with E-state index in [9.17, 15) is 9.18 Å². The van der Waals surface area contributed by atoms with Crippen molar-refractivity contribution in [1.82, 2.24) is 4.90 Å². The molecule has 4 nitrogen and oxygen atoms in total. The lowest BCUT2D eigenvalue weighted by molar-refractivity contribution is 0.0949. The van der Waals surface area contributed by atoms with Crippen molar-refractivity contribution < 1.29 is 18.7 Å². The summed E-state index contributed by atoms with van der Waals surface area (Å²) in [4.78, 5) is 16.3. The fourth-order valence-corrected chi connectivity index (χ4v) is 4.86. The molecule has 2 aliphatic heterocycles. The van der Waals surface area contributed by atoms with Crippen molar-refractivity contribution in [1.29, 1.82) is 0 Å². The van der Waals surface area contributed by atoms with Gasteiger partial charge in [0.25, 0.3) is 0 Å². The Morgan fingerprint density at radius 3 is 2.71 bits per heavy atom. The van der Waals surface area contributed by atoms with E-state index in [1.165, 1.54) is 12.1 Å². The van der Waals surface area contributed by atoms with Gasteiger partial charge >= 0.3 is 0 Å². The average Bonchev–Trinajstić information content (AvgIpc) is 3.32. The van der Waals surface area contributed by atoms with E-state index in [4.69, 9.17) is 9.47 Å². The minimum absolute atomic E-state index is 0.0773. The van der Waals surface area contributed by atoms with Crippen molar-refractivity contribution in [3.05, 3.63) is 86.0 Å². The van der Waals surface area contributed by atoms with Gasteiger partial charge in [0, 0.05) is 24.0 Å². The minimum Gasteiger partial charge on any atom is -0.478 e. The molecule has 2 aromatic carbocycles. The van der Waals surface area contributed by atoms with Crippen LogP contribution >= 0.6 is 11.3 Å². The lowest BCUT2D eigenvalue weighted by atomic mass is 9.98. The molecule has 0 radical (unpaired) electrons. The van der Waals surface area contributed by atoms with E-state index in [0.717, 1.165) is 45.8 Å². The fraction of sp³-hybridized carbons (Fsp3) is 0.240. The number of allylic oxidation sites excluding steroid dienone is 1. The van der Waals surface area contributed by atoms with Gasteiger partial charge in [-0.1, -0.05) is 12.1 Å². The summed E-state index contributed by atoms with van der Waals surface area (Å²) in [6.07, 6.45) is 2.62. The van der Waals surface area contributed by atoms with Crippen LogP contribution in [0, 0.1) is 19.7 Å². The molecule has 0 atom stereocenters. The molecule has 2 aliphatic rings. The Morgan fingerprint density at radius 1 is 1.16 bits per heavy atom. The van der Waals surface area contributed by atoms with Crippen LogP contribution in [0.5, 0.6) is 11.5 Å². The highest BCUT2D eigenvalue weighted by Gasteiger charge is 2.35. The van der Waals surface area contributed by atoms with Gasteiger partial charge in [-0.2, -0.15) is 0 Å². The summed E-state index contributed by atoms with van der Waals surface area (Å²) >= 11 is 1.59. The van der Waals surface area contributed by atoms with Gasteiger partial charge in [0.2, 0.25) is 5.78 Å². The summed E-state index contributed by atoms with van der Waals surface area (Å²) in [5.41, 5.74) is 4.60. The number of hydrogen-bond acceptors (Lipinski definition) is 5. The number of fused-ring (bicyclic) bond motifs is 3. The zero-order chi connectivity index (χ0) is 21.5. The van der Waals surface area contributed by atoms with Crippen LogP contribution in [0.2, 0.25) is 0 Å². The minimum atomic E-state index is -0.228. The fourth-order valence-electron chi connectivity index (χ4n) is 4.01. The van der Waals surface area contributed by atoms with Gasteiger partial charge in [-0.15, -0.1) is 11.3 Å². The molecule has 0 amide bonds. The zero-order valence-electron chi connectivity index (χ0n) is 17.4. The summed E-state index contributed by atoms with van der Waals surface area (Å²) in [6, 6.07) is 10.5. The standard InChI is InChI=1S/C25H22FNO3S/c1-15-8-10-31-22(15)12-21-24(28)23-16(2)11-20-19(25(23)30-21)13-27(14-29-20)9-7-17-3-5-18(26)6-4-17/h3-6,8,10-12H,7,9,13-14H2,1-2H3/b21-12+. The quantitative estimate of drug-likeness (QED) is 0.506. The Bertz CT molecular complexity index is 1200. The maximum Gasteiger partial charge on any atom is 0.232 e. The number of benzene rings is 2. The van der Waals surface area contributed by atoms with Crippen LogP contribution in [-0.4, -0.2) is 24.0 Å². The summed E-state index contributed by atoms with van der Waals surface area (Å²) in [5, 5.41) is 2.01. The first-order chi connectivity index (χ1) is 15.0. The second-order valence-corrected chi connectivity index (χ2v) is 8.93. The predicted molar refractivity (Wildman–Crippen MR) is 119 cm³/mol. The van der Waals surface area contributed by atoms with Crippen LogP contribution in [0.4, 0.5) is 4.39 Å². The van der Waals surface area contributed by atoms with Gasteiger partial charge in [0.15, 0.2) is 5.76 Å². The molecule has 5 rings (SSSR count). The molecule has 158 valence electrons. The molecule has 3 heterocycles. The van der Waals surface area contributed by atoms with Gasteiger partial charge in [-0.3, -0.25) is 9.69 Å². The molecular formula is C25H22FNO3S. The first-order valence-electron chi connectivity index (χ1n) is 10.2. The number of halogens is 1. The van der Waals surface area contributed by atoms with Crippen molar-refractivity contribution >= 4 is 23.2 Å². The molecule has 0 aliphatic carbocycles. The van der Waals surface area contributed by atoms with E-state index in [1.54, 1.807) is 23.5 Å². The van der Waals surface area contributed by atoms with Crippen molar-refractivity contribution in [2.24, 2.45) is 0 Å². The van der Waals surface area contributed by atoms with E-state index in [2.05, 4.69) is 4.90 Å². The number of nitrogens with zero attached hydrogens (tertiary/aromatic N) is 1. The molecular weight excluding hydrogens is 413 g/mol. The number of carbonyl (C=O) groups is 1. The number of rotatable bonds is 4. The number of hydrogen-bond donors (Lipinski definition) is 0. The van der Waals surface area contributed by atoms with Crippen molar-refractivity contribution in [2.75, 3.05) is 13.3 Å². The van der Waals surface area contributed by atoms with Crippen LogP contribution in [0.3, 0.4) is 0 Å². The molecule has 1 aromatic heterocycles. The largest absolute Gasteiger partial charge is 0.478 e. The molecule has 0 fully saturated rings. The second kappa shape index (κ2) is 7.94. The van der Waals surface area contributed by atoms with Gasteiger partial charge in [0.1, 0.15) is 24.0 Å². The van der Waals surface area contributed by atoms with Crippen LogP contribution in [0.25, 0.3) is 6.08 Å². The Morgan fingerprint density at radius 2 is 1.97 bits per heavy atom. The van der Waals surface area contributed by atoms with Crippen LogP contribution in [0.15, 0.2) is 47.5 Å². The van der Waals surface area contributed by atoms with Crippen molar-refractivity contribution in [2.45, 2.75) is 26.8 Å². The molecule has 0 saturated carbocycles. The summed E-state index contributed by atoms with van der Waals surface area (Å²) in [5.74, 6) is 1.45. The topological polar surface area (TPSA) is 38.8 Å². The number of aryl methyl sites for hydroxylation is 2. The van der Waals surface area contributed by atoms with Gasteiger partial charge in [-0.05, 0) is 66.6 Å². The SMILES string of the molecule is Cc1ccsc1/C=C1/Oc2c3c(cc(C)c2C1=O)OCN(CCc1ccc(F)cc1)C3. The van der Waals surface area contributed by atoms with E-state index < -0.39 is 0 Å². The zero-order valence-corrected chi connectivity index (χ0v) is 18.2. The molecule has 0 unspecified atom stereocenters. The van der Waals surface area contributed by atoms with E-state index >= 15 is 0 Å². The maximum absolute atomic E-state index is 13.1. The predicted octanol–water partition coefficient (Wildman–Crippen LogP) is 5.51. The van der Waals surface area contributed by atoms with Crippen molar-refractivity contribution in [3.63, 3.8) is 0 Å². The molecule has 31 heavy (non-hydrogen) atoms. The van der Waals surface area contributed by atoms with E-state index in [1.807, 2.05) is 37.4 Å². The van der Waals surface area contributed by atoms with Crippen LogP contribution in [-0.2, 0) is 13.0 Å². The first-order valence-corrected chi connectivity index (χ1v) is 11.1. The highest BCUT2D eigenvalue weighted by atomic mass is 32.1. The highest BCUT2D eigenvalue weighted by Crippen LogP contribution is 2.44. The number of carbonyl (C=O) groups excluding carboxylic acids is 1. The van der Waals surface area contributed by atoms with Crippen LogP contribution < -0.4 is 9.47 Å². The van der Waals surface area contributed by atoms with Crippen molar-refractivity contribution in [3.8, 4) is 11.5 Å². The lowest BCUT2D eigenvalue weighted by Gasteiger charge is -2.30. The van der Waals surface area contributed by atoms with Gasteiger partial charge in [-0.25, -0.2) is 4.39 Å². The van der Waals surface area contributed by atoms with Gasteiger partial charge < -0.3 is 9.47 Å². The average molecular weight is 436 g/mol. The Balaban J connectivity index is 1.40. The van der Waals surface area contributed by atoms with E-state index in [0.29, 0.717) is 30.3 Å². The number of thiophene rings is 1. The number of Topliss-reactive ketones (excluding diaryl/α,β-unsaturated/α-hetero) is 1. The van der Waals surface area contributed by atoms with Gasteiger partial charge in [0.05, 0.1) is 11.1 Å². The monoisotopic (exact) mass is 435 g/mol. The van der Waals surface area contributed by atoms with Crippen LogP contribution in [0.1, 0.15) is 37.5 Å². The molecule has 0 spiro atoms. The Hall–Kier alpha value is -2.96. The Labute approximate surface area is 184 Å². The first kappa shape index (κ1) is 20.0.